The quantitative estimate of drug-likeness (QED) is 0.423. The van der Waals surface area contributed by atoms with E-state index in [1.165, 1.54) is 0 Å². The van der Waals surface area contributed by atoms with E-state index in [1.54, 1.807) is 31.4 Å². The van der Waals surface area contributed by atoms with Crippen molar-refractivity contribution >= 4 is 5.97 Å². The zero-order valence-electron chi connectivity index (χ0n) is 18.3. The van der Waals surface area contributed by atoms with Crippen LogP contribution >= 0.6 is 0 Å². The lowest BCUT2D eigenvalue weighted by molar-refractivity contribution is -0.271. The molecule has 1 heterocycles. The molecule has 0 aliphatic carbocycles. The lowest BCUT2D eigenvalue weighted by Crippen LogP contribution is -2.61. The van der Waals surface area contributed by atoms with Gasteiger partial charge in [0, 0.05) is 11.1 Å². The summed E-state index contributed by atoms with van der Waals surface area (Å²) in [6.07, 6.45) is -3.77. The molecular formula is C25H28O8. The lowest BCUT2D eigenvalue weighted by Gasteiger charge is -2.38. The molecule has 8 heteroatoms. The molecule has 176 valence electrons. The first kappa shape index (κ1) is 24.5. The Balaban J connectivity index is 2.07. The number of carboxylic acids is 1. The Kier molecular flexibility index (Phi) is 7.88. The first-order valence-corrected chi connectivity index (χ1v) is 10.4. The van der Waals surface area contributed by atoms with Gasteiger partial charge in [-0.1, -0.05) is 24.3 Å². The van der Waals surface area contributed by atoms with E-state index in [2.05, 4.69) is 13.2 Å². The number of aliphatic carboxylic acids is 1. The summed E-state index contributed by atoms with van der Waals surface area (Å²) >= 11 is 0. The van der Waals surface area contributed by atoms with Crippen molar-refractivity contribution in [2.24, 2.45) is 0 Å². The third-order valence-corrected chi connectivity index (χ3v) is 5.41. The van der Waals surface area contributed by atoms with Crippen LogP contribution in [0.4, 0.5) is 0 Å². The molecule has 0 unspecified atom stereocenters. The molecule has 1 aliphatic rings. The number of hydrogen-bond acceptors (Lipinski definition) is 7. The Morgan fingerprint density at radius 3 is 2.00 bits per heavy atom. The van der Waals surface area contributed by atoms with Crippen molar-refractivity contribution in [3.8, 4) is 22.6 Å². The van der Waals surface area contributed by atoms with Crippen LogP contribution < -0.4 is 9.47 Å². The second-order valence-corrected chi connectivity index (χ2v) is 7.70. The molecule has 1 saturated heterocycles. The van der Waals surface area contributed by atoms with Crippen LogP contribution in [0.2, 0.25) is 0 Å². The van der Waals surface area contributed by atoms with Gasteiger partial charge in [0.25, 0.3) is 0 Å². The van der Waals surface area contributed by atoms with Gasteiger partial charge >= 0.3 is 5.97 Å². The number of methoxy groups -OCH3 is 1. The monoisotopic (exact) mass is 456 g/mol. The molecule has 3 rings (SSSR count). The third kappa shape index (κ3) is 5.26. The minimum Gasteiger partial charge on any atom is -0.496 e. The normalized spacial score (nSPS) is 24.7. The number of carboxylic acid groups (broad SMARTS) is 1. The summed E-state index contributed by atoms with van der Waals surface area (Å²) in [7, 11) is 1.54. The van der Waals surface area contributed by atoms with Gasteiger partial charge in [-0.3, -0.25) is 0 Å². The molecule has 1 aliphatic heterocycles. The summed E-state index contributed by atoms with van der Waals surface area (Å²) in [4.78, 5) is 11.4. The fourth-order valence-corrected chi connectivity index (χ4v) is 3.72. The maximum Gasteiger partial charge on any atom is 0.335 e. The van der Waals surface area contributed by atoms with Gasteiger partial charge in [-0.25, -0.2) is 4.79 Å². The van der Waals surface area contributed by atoms with Gasteiger partial charge < -0.3 is 34.6 Å². The number of benzene rings is 2. The van der Waals surface area contributed by atoms with Crippen LogP contribution in [-0.2, 0) is 22.4 Å². The lowest BCUT2D eigenvalue weighted by atomic mass is 9.96. The zero-order chi connectivity index (χ0) is 24.1. The van der Waals surface area contributed by atoms with Gasteiger partial charge in [0.2, 0.25) is 6.29 Å². The van der Waals surface area contributed by atoms with E-state index in [4.69, 9.17) is 14.2 Å². The first-order chi connectivity index (χ1) is 15.8. The molecule has 2 aromatic carbocycles. The molecule has 8 nitrogen and oxygen atoms in total. The van der Waals surface area contributed by atoms with Crippen LogP contribution in [0.5, 0.6) is 11.5 Å². The number of aliphatic hydroxyl groups excluding tert-OH is 3. The minimum absolute atomic E-state index is 0.272. The van der Waals surface area contributed by atoms with Crippen molar-refractivity contribution in [1.82, 2.24) is 0 Å². The molecule has 1 fully saturated rings. The van der Waals surface area contributed by atoms with Crippen molar-refractivity contribution in [2.75, 3.05) is 7.11 Å². The van der Waals surface area contributed by atoms with E-state index in [1.807, 2.05) is 24.3 Å². The molecule has 0 spiro atoms. The zero-order valence-corrected chi connectivity index (χ0v) is 18.3. The predicted octanol–water partition coefficient (Wildman–Crippen LogP) is 2.09. The molecule has 0 saturated carbocycles. The van der Waals surface area contributed by atoms with E-state index in [-0.39, 0.29) is 5.75 Å². The topological polar surface area (TPSA) is 126 Å². The van der Waals surface area contributed by atoms with E-state index in [0.29, 0.717) is 29.7 Å². The average molecular weight is 456 g/mol. The summed E-state index contributed by atoms with van der Waals surface area (Å²) in [6.45, 7) is 7.54. The van der Waals surface area contributed by atoms with Crippen molar-refractivity contribution in [1.29, 1.82) is 0 Å². The summed E-state index contributed by atoms with van der Waals surface area (Å²) in [5, 5.41) is 39.8. The van der Waals surface area contributed by atoms with E-state index >= 15 is 0 Å². The number of hydrogen-bond donors (Lipinski definition) is 4. The smallest absolute Gasteiger partial charge is 0.335 e. The molecule has 0 amide bonds. The Bertz CT molecular complexity index is 1020. The van der Waals surface area contributed by atoms with Crippen LogP contribution in [0.3, 0.4) is 0 Å². The molecule has 0 bridgehead atoms. The second kappa shape index (κ2) is 10.6. The second-order valence-electron chi connectivity index (χ2n) is 7.70. The Labute approximate surface area is 192 Å². The molecule has 33 heavy (non-hydrogen) atoms. The maximum atomic E-state index is 11.4. The standard InChI is InChI=1S/C25H28O8/c1-4-6-14-8-10-18(31-3)16(12-14)17-13-15(7-5-2)9-11-19(17)32-25-22(28)20(26)21(27)23(33-25)24(29)30/h4-5,8-13,20-23,25-28H,1-2,6-7H2,3H3,(H,29,30)/t20-,21-,22+,23-,25+/m0/s1. The third-order valence-electron chi connectivity index (χ3n) is 5.41. The number of carbonyl (C=O) groups is 1. The van der Waals surface area contributed by atoms with Gasteiger partial charge in [0.15, 0.2) is 6.10 Å². The summed E-state index contributed by atoms with van der Waals surface area (Å²) in [5.41, 5.74) is 3.24. The highest BCUT2D eigenvalue weighted by Gasteiger charge is 2.48. The molecule has 5 atom stereocenters. The van der Waals surface area contributed by atoms with E-state index in [9.17, 15) is 25.2 Å². The number of aliphatic hydroxyl groups is 3. The Morgan fingerprint density at radius 1 is 0.939 bits per heavy atom. The maximum absolute atomic E-state index is 11.4. The van der Waals surface area contributed by atoms with Gasteiger partial charge in [-0.2, -0.15) is 0 Å². The van der Waals surface area contributed by atoms with Crippen LogP contribution in [0.15, 0.2) is 61.7 Å². The number of rotatable bonds is 9. The average Bonchev–Trinajstić information content (AvgIpc) is 2.80. The predicted molar refractivity (Wildman–Crippen MR) is 121 cm³/mol. The van der Waals surface area contributed by atoms with Crippen molar-refractivity contribution in [3.05, 3.63) is 72.8 Å². The van der Waals surface area contributed by atoms with Crippen molar-refractivity contribution in [3.63, 3.8) is 0 Å². The summed E-state index contributed by atoms with van der Waals surface area (Å²) in [5.74, 6) is -0.636. The van der Waals surface area contributed by atoms with Gasteiger partial charge in [-0.15, -0.1) is 13.2 Å². The molecule has 2 aromatic rings. The van der Waals surface area contributed by atoms with Gasteiger partial charge in [-0.05, 0) is 48.2 Å². The Morgan fingerprint density at radius 2 is 1.48 bits per heavy atom. The summed E-state index contributed by atoms with van der Waals surface area (Å²) in [6, 6.07) is 11.0. The highest BCUT2D eigenvalue weighted by molar-refractivity contribution is 5.77. The fraction of sp³-hybridized carbons (Fsp3) is 0.320. The number of allylic oxidation sites excluding steroid dienone is 2. The van der Waals surface area contributed by atoms with E-state index < -0.39 is 36.7 Å². The Hall–Kier alpha value is -3.17. The molecule has 4 N–H and O–H groups in total. The fourth-order valence-electron chi connectivity index (χ4n) is 3.72. The van der Waals surface area contributed by atoms with Crippen LogP contribution in [0.1, 0.15) is 11.1 Å². The highest BCUT2D eigenvalue weighted by Crippen LogP contribution is 2.39. The minimum atomic E-state index is -1.80. The summed E-state index contributed by atoms with van der Waals surface area (Å²) < 4.78 is 16.7. The van der Waals surface area contributed by atoms with Crippen LogP contribution in [0.25, 0.3) is 11.1 Å². The van der Waals surface area contributed by atoms with Crippen LogP contribution in [-0.4, -0.2) is 64.2 Å². The largest absolute Gasteiger partial charge is 0.496 e. The van der Waals surface area contributed by atoms with Crippen molar-refractivity contribution in [2.45, 2.75) is 43.5 Å². The molecule has 0 aromatic heterocycles. The van der Waals surface area contributed by atoms with Gasteiger partial charge in [0.05, 0.1) is 7.11 Å². The molecule has 0 radical (unpaired) electrons. The number of ether oxygens (including phenoxy) is 3. The first-order valence-electron chi connectivity index (χ1n) is 10.4. The van der Waals surface area contributed by atoms with Crippen molar-refractivity contribution < 1.29 is 39.4 Å². The highest BCUT2D eigenvalue weighted by atomic mass is 16.7. The van der Waals surface area contributed by atoms with E-state index in [0.717, 1.165) is 11.1 Å². The SMILES string of the molecule is C=CCc1ccc(OC)c(-c2cc(CC=C)ccc2O[C@@H]2O[C@H](C(=O)O)[C@@H](O)[C@H](O)[C@H]2O)c1. The van der Waals surface area contributed by atoms with Crippen LogP contribution in [0, 0.1) is 0 Å². The van der Waals surface area contributed by atoms with Gasteiger partial charge in [0.1, 0.15) is 29.8 Å². The molecular weight excluding hydrogens is 428 g/mol.